The maximum absolute atomic E-state index is 10.3. The smallest absolute Gasteiger partial charge is 0.312 e. The molecule has 1 rings (SSSR count). The molecule has 1 unspecified atom stereocenters. The van der Waals surface area contributed by atoms with E-state index in [0.29, 0.717) is 19.1 Å². The number of hydrogen-bond acceptors (Lipinski definition) is 3. The second kappa shape index (κ2) is 5.74. The van der Waals surface area contributed by atoms with Crippen molar-refractivity contribution >= 4 is 23.0 Å². The van der Waals surface area contributed by atoms with Gasteiger partial charge in [-0.25, -0.2) is 4.79 Å². The average molecular weight is 216 g/mol. The number of nitrogens with one attached hydrogen (secondary N) is 2. The fraction of sp³-hybridized carbons (Fsp3) is 0.750. The lowest BCUT2D eigenvalue weighted by Gasteiger charge is -2.21. The molecule has 80 valence electrons. The third-order valence-electron chi connectivity index (χ3n) is 1.83. The second-order valence-electron chi connectivity index (χ2n) is 3.16. The highest BCUT2D eigenvalue weighted by Gasteiger charge is 2.12. The molecule has 0 aromatic heterocycles. The lowest BCUT2D eigenvalue weighted by atomic mass is 10.3. The Bertz CT molecular complexity index is 231. The Morgan fingerprint density at radius 2 is 2.64 bits per heavy atom. The highest BCUT2D eigenvalue weighted by atomic mass is 32.2. The predicted octanol–water partition coefficient (Wildman–Crippen LogP) is 0.126. The number of urea groups is 1. The molecule has 0 saturated carbocycles. The van der Waals surface area contributed by atoms with Crippen molar-refractivity contribution in [2.75, 3.05) is 18.8 Å². The highest BCUT2D eigenvalue weighted by molar-refractivity contribution is 8.13. The summed E-state index contributed by atoms with van der Waals surface area (Å²) in [4.78, 5) is 14.6. The molecule has 1 fully saturated rings. The molecule has 1 aliphatic heterocycles. The van der Waals surface area contributed by atoms with E-state index in [1.807, 2.05) is 0 Å². The van der Waals surface area contributed by atoms with E-state index in [0.717, 1.165) is 10.9 Å². The van der Waals surface area contributed by atoms with Crippen molar-refractivity contribution in [1.29, 1.82) is 0 Å². The van der Waals surface area contributed by atoms with Gasteiger partial charge in [0.15, 0.2) is 5.17 Å². The van der Waals surface area contributed by atoms with Gasteiger partial charge < -0.3 is 16.4 Å². The Balaban J connectivity index is 2.19. The van der Waals surface area contributed by atoms with Crippen LogP contribution in [0.25, 0.3) is 0 Å². The molecule has 1 saturated heterocycles. The van der Waals surface area contributed by atoms with Gasteiger partial charge in [-0.15, -0.1) is 0 Å². The highest BCUT2D eigenvalue weighted by Crippen LogP contribution is 2.12. The number of aliphatic imine (C=N–C) groups is 1. The Morgan fingerprint density at radius 3 is 3.29 bits per heavy atom. The number of hydrogen-bond donors (Lipinski definition) is 3. The monoisotopic (exact) mass is 216 g/mol. The molecule has 5 nitrogen and oxygen atoms in total. The molecule has 1 aliphatic rings. The molecule has 14 heavy (non-hydrogen) atoms. The minimum atomic E-state index is -0.497. The van der Waals surface area contributed by atoms with E-state index < -0.39 is 6.03 Å². The molecule has 0 spiro atoms. The Hall–Kier alpha value is -0.910. The Labute approximate surface area is 87.9 Å². The van der Waals surface area contributed by atoms with Gasteiger partial charge in [-0.05, 0) is 13.3 Å². The number of amidine groups is 1. The summed E-state index contributed by atoms with van der Waals surface area (Å²) in [7, 11) is 0. The SMILES string of the molecule is CC1CCSC(=NCCNC(N)=O)N1. The zero-order valence-electron chi connectivity index (χ0n) is 8.25. The largest absolute Gasteiger partial charge is 0.362 e. The van der Waals surface area contributed by atoms with E-state index in [4.69, 9.17) is 5.73 Å². The van der Waals surface area contributed by atoms with Gasteiger partial charge >= 0.3 is 6.03 Å². The van der Waals surface area contributed by atoms with Crippen molar-refractivity contribution in [2.45, 2.75) is 19.4 Å². The predicted molar refractivity (Wildman–Crippen MR) is 59.6 cm³/mol. The van der Waals surface area contributed by atoms with Crippen molar-refractivity contribution in [3.05, 3.63) is 0 Å². The minimum absolute atomic E-state index is 0.495. The number of rotatable bonds is 3. The van der Waals surface area contributed by atoms with E-state index in [1.54, 1.807) is 11.8 Å². The normalized spacial score (nSPS) is 24.4. The quantitative estimate of drug-likeness (QED) is 0.586. The number of primary amides is 1. The van der Waals surface area contributed by atoms with Crippen molar-refractivity contribution in [2.24, 2.45) is 10.7 Å². The Morgan fingerprint density at radius 1 is 1.86 bits per heavy atom. The fourth-order valence-corrected chi connectivity index (χ4v) is 2.22. The number of amides is 2. The van der Waals surface area contributed by atoms with Crippen LogP contribution < -0.4 is 16.4 Å². The van der Waals surface area contributed by atoms with Crippen LogP contribution in [0.4, 0.5) is 4.79 Å². The third kappa shape index (κ3) is 4.36. The molecular formula is C8H16N4OS. The number of nitrogens with zero attached hydrogens (tertiary/aromatic N) is 1. The van der Waals surface area contributed by atoms with Gasteiger partial charge in [-0.1, -0.05) is 11.8 Å². The van der Waals surface area contributed by atoms with Crippen LogP contribution in [0.2, 0.25) is 0 Å². The van der Waals surface area contributed by atoms with Gasteiger partial charge in [0.2, 0.25) is 0 Å². The van der Waals surface area contributed by atoms with E-state index >= 15 is 0 Å². The number of thioether (sulfide) groups is 1. The molecule has 2 amide bonds. The average Bonchev–Trinajstić information content (AvgIpc) is 2.12. The molecule has 0 radical (unpaired) electrons. The lowest BCUT2D eigenvalue weighted by Crippen LogP contribution is -2.36. The van der Waals surface area contributed by atoms with Gasteiger partial charge in [0.25, 0.3) is 0 Å². The maximum atomic E-state index is 10.3. The molecule has 0 aliphatic carbocycles. The van der Waals surface area contributed by atoms with Crippen LogP contribution in [0.3, 0.4) is 0 Å². The summed E-state index contributed by atoms with van der Waals surface area (Å²) in [5.74, 6) is 1.11. The third-order valence-corrected chi connectivity index (χ3v) is 2.79. The van der Waals surface area contributed by atoms with Crippen molar-refractivity contribution in [1.82, 2.24) is 10.6 Å². The first-order valence-corrected chi connectivity index (χ1v) is 5.64. The van der Waals surface area contributed by atoms with Gasteiger partial charge in [0.05, 0.1) is 6.54 Å². The van der Waals surface area contributed by atoms with E-state index in [2.05, 4.69) is 22.5 Å². The summed E-state index contributed by atoms with van der Waals surface area (Å²) in [6, 6.07) is 0.00178. The zero-order valence-corrected chi connectivity index (χ0v) is 9.06. The van der Waals surface area contributed by atoms with Crippen molar-refractivity contribution in [3.63, 3.8) is 0 Å². The van der Waals surface area contributed by atoms with Crippen molar-refractivity contribution in [3.8, 4) is 0 Å². The van der Waals surface area contributed by atoms with Crippen LogP contribution in [0.15, 0.2) is 4.99 Å². The zero-order chi connectivity index (χ0) is 10.4. The van der Waals surface area contributed by atoms with Crippen LogP contribution in [0.5, 0.6) is 0 Å². The summed E-state index contributed by atoms with van der Waals surface area (Å²) in [6.45, 7) is 3.21. The standard InChI is InChI=1S/C8H16N4OS/c1-6-2-5-14-8(12-6)11-4-3-10-7(9)13/h6H,2-5H2,1H3,(H,11,12)(H3,9,10,13). The number of carbonyl (C=O) groups excluding carboxylic acids is 1. The summed E-state index contributed by atoms with van der Waals surface area (Å²) >= 11 is 1.72. The van der Waals surface area contributed by atoms with Gasteiger partial charge in [0.1, 0.15) is 0 Å². The van der Waals surface area contributed by atoms with E-state index in [1.165, 1.54) is 6.42 Å². The maximum Gasteiger partial charge on any atom is 0.312 e. The van der Waals surface area contributed by atoms with Gasteiger partial charge in [-0.2, -0.15) is 0 Å². The Kier molecular flexibility index (Phi) is 4.58. The van der Waals surface area contributed by atoms with Gasteiger partial charge in [-0.3, -0.25) is 4.99 Å². The lowest BCUT2D eigenvalue weighted by molar-refractivity contribution is 0.249. The van der Waals surface area contributed by atoms with Crippen molar-refractivity contribution < 1.29 is 4.79 Å². The molecule has 1 heterocycles. The molecule has 0 bridgehead atoms. The number of nitrogens with two attached hydrogens (primary N) is 1. The first-order valence-electron chi connectivity index (χ1n) is 4.65. The van der Waals surface area contributed by atoms with Crippen LogP contribution >= 0.6 is 11.8 Å². The topological polar surface area (TPSA) is 79.5 Å². The van der Waals surface area contributed by atoms with Gasteiger partial charge in [0, 0.05) is 18.3 Å². The molecule has 0 aromatic carbocycles. The van der Waals surface area contributed by atoms with Crippen LogP contribution in [-0.4, -0.2) is 36.1 Å². The first-order chi connectivity index (χ1) is 6.68. The molecule has 4 N–H and O–H groups in total. The molecule has 6 heteroatoms. The summed E-state index contributed by atoms with van der Waals surface area (Å²) in [5, 5.41) is 6.73. The van der Waals surface area contributed by atoms with Crippen LogP contribution in [0.1, 0.15) is 13.3 Å². The van der Waals surface area contributed by atoms with Crippen LogP contribution in [-0.2, 0) is 0 Å². The summed E-state index contributed by atoms with van der Waals surface area (Å²) in [6.07, 6.45) is 1.17. The minimum Gasteiger partial charge on any atom is -0.362 e. The van der Waals surface area contributed by atoms with E-state index in [9.17, 15) is 4.79 Å². The first kappa shape index (κ1) is 11.2. The fourth-order valence-electron chi connectivity index (χ4n) is 1.08. The summed E-state index contributed by atoms with van der Waals surface area (Å²) in [5.41, 5.74) is 4.91. The summed E-state index contributed by atoms with van der Waals surface area (Å²) < 4.78 is 0. The van der Waals surface area contributed by atoms with Crippen LogP contribution in [0, 0.1) is 0 Å². The molecular weight excluding hydrogens is 200 g/mol. The number of carbonyl (C=O) groups is 1. The second-order valence-corrected chi connectivity index (χ2v) is 4.24. The molecule has 0 aromatic rings. The molecule has 1 atom stereocenters. The van der Waals surface area contributed by atoms with E-state index in [-0.39, 0.29) is 0 Å².